The minimum Gasteiger partial charge on any atom is -0.382 e. The molecule has 0 aromatic heterocycles. The van der Waals surface area contributed by atoms with E-state index in [2.05, 4.69) is 0 Å². The first kappa shape index (κ1) is 20.1. The highest BCUT2D eigenvalue weighted by Gasteiger charge is 2.25. The fourth-order valence-corrected chi connectivity index (χ4v) is 3.34. The molecule has 6 nitrogen and oxygen atoms in total. The molecule has 0 aliphatic heterocycles. The van der Waals surface area contributed by atoms with E-state index in [1.807, 2.05) is 0 Å². The molecule has 8 heteroatoms. The van der Waals surface area contributed by atoms with Gasteiger partial charge < -0.3 is 18.9 Å². The van der Waals surface area contributed by atoms with E-state index in [4.69, 9.17) is 29.6 Å². The number of hydrogen-bond acceptors (Lipinski definition) is 6. The summed E-state index contributed by atoms with van der Waals surface area (Å²) in [5.41, 5.74) is -0.510. The maximum absolute atomic E-state index is 11.0. The lowest BCUT2D eigenvalue weighted by molar-refractivity contribution is -0.00699. The van der Waals surface area contributed by atoms with Crippen LogP contribution in [0.5, 0.6) is 0 Å². The highest BCUT2D eigenvalue weighted by molar-refractivity contribution is 8.13. The zero-order valence-electron chi connectivity index (χ0n) is 12.4. The molecule has 0 aliphatic rings. The monoisotopic (exact) mass is 332 g/mol. The van der Waals surface area contributed by atoms with Gasteiger partial charge in [0.25, 0.3) is 0 Å². The van der Waals surface area contributed by atoms with Gasteiger partial charge in [-0.2, -0.15) is 0 Å². The Bertz CT molecular complexity index is 331. The van der Waals surface area contributed by atoms with Crippen molar-refractivity contribution in [2.24, 2.45) is 5.41 Å². The summed E-state index contributed by atoms with van der Waals surface area (Å²) in [5.74, 6) is -0.115. The van der Waals surface area contributed by atoms with Crippen LogP contribution in [0.15, 0.2) is 0 Å². The minimum atomic E-state index is -3.51. The van der Waals surface area contributed by atoms with Crippen LogP contribution in [0.4, 0.5) is 0 Å². The highest BCUT2D eigenvalue weighted by Crippen LogP contribution is 2.20. The molecule has 0 fully saturated rings. The molecule has 0 rings (SSSR count). The molecule has 0 saturated carbocycles. The van der Waals surface area contributed by atoms with Gasteiger partial charge in [0.15, 0.2) is 0 Å². The van der Waals surface area contributed by atoms with Gasteiger partial charge in [-0.15, -0.1) is 0 Å². The van der Waals surface area contributed by atoms with Crippen LogP contribution in [-0.4, -0.2) is 67.5 Å². The van der Waals surface area contributed by atoms with Gasteiger partial charge in [-0.1, -0.05) is 13.8 Å². The summed E-state index contributed by atoms with van der Waals surface area (Å²) in [6.45, 7) is 6.87. The molecular weight excluding hydrogens is 308 g/mol. The van der Waals surface area contributed by atoms with Crippen molar-refractivity contribution < 1.29 is 27.4 Å². The Morgan fingerprint density at radius 1 is 0.900 bits per heavy atom. The molecule has 0 aliphatic carbocycles. The third kappa shape index (κ3) is 14.5. The maximum atomic E-state index is 11.0. The van der Waals surface area contributed by atoms with Crippen LogP contribution in [0.25, 0.3) is 0 Å². The van der Waals surface area contributed by atoms with E-state index in [1.165, 1.54) is 0 Å². The zero-order valence-corrected chi connectivity index (χ0v) is 14.0. The molecule has 0 N–H and O–H groups in total. The summed E-state index contributed by atoms with van der Waals surface area (Å²) in [4.78, 5) is 0. The van der Waals surface area contributed by atoms with Crippen molar-refractivity contribution >= 4 is 19.7 Å². The summed E-state index contributed by atoms with van der Waals surface area (Å²) in [5, 5.41) is 0. The topological polar surface area (TPSA) is 71.1 Å². The first-order valence-electron chi connectivity index (χ1n) is 6.41. The van der Waals surface area contributed by atoms with E-state index in [0.717, 1.165) is 0 Å². The summed E-state index contributed by atoms with van der Waals surface area (Å²) in [6.07, 6.45) is 0. The van der Waals surface area contributed by atoms with Crippen LogP contribution in [0.1, 0.15) is 13.8 Å². The third-order valence-electron chi connectivity index (χ3n) is 2.23. The molecular formula is C12H25ClO6S. The molecule has 0 spiro atoms. The van der Waals surface area contributed by atoms with Crippen LogP contribution in [-0.2, 0) is 28.0 Å². The molecule has 122 valence electrons. The second-order valence-electron chi connectivity index (χ2n) is 5.12. The van der Waals surface area contributed by atoms with Gasteiger partial charge in [0.05, 0.1) is 52.0 Å². The lowest BCUT2D eigenvalue weighted by Gasteiger charge is -2.22. The van der Waals surface area contributed by atoms with Gasteiger partial charge >= 0.3 is 0 Å². The van der Waals surface area contributed by atoms with E-state index >= 15 is 0 Å². The number of rotatable bonds is 13. The van der Waals surface area contributed by atoms with E-state index in [0.29, 0.717) is 46.2 Å². The molecule has 20 heavy (non-hydrogen) atoms. The summed E-state index contributed by atoms with van der Waals surface area (Å²) < 4.78 is 42.7. The Morgan fingerprint density at radius 3 is 1.80 bits per heavy atom. The Hall–Kier alpha value is 0.0800. The van der Waals surface area contributed by atoms with Gasteiger partial charge in [-0.05, 0) is 0 Å². The smallest absolute Gasteiger partial charge is 0.233 e. The third-order valence-corrected chi connectivity index (χ3v) is 3.69. The average molecular weight is 333 g/mol. The number of ether oxygens (including phenoxy) is 4. The van der Waals surface area contributed by atoms with Crippen LogP contribution < -0.4 is 0 Å². The van der Waals surface area contributed by atoms with E-state index in [-0.39, 0.29) is 5.75 Å². The Balaban J connectivity index is 3.43. The standard InChI is InChI=1S/C12H25ClO6S/c1-12(2,11-20(13,14)15)10-19-9-8-18-7-6-17-5-4-16-3/h4-11H2,1-3H3. The second-order valence-corrected chi connectivity index (χ2v) is 7.89. The van der Waals surface area contributed by atoms with Crippen LogP contribution in [0.3, 0.4) is 0 Å². The van der Waals surface area contributed by atoms with Crippen LogP contribution in [0.2, 0.25) is 0 Å². The summed E-state index contributed by atoms with van der Waals surface area (Å²) in [6, 6.07) is 0. The van der Waals surface area contributed by atoms with Gasteiger partial charge in [0.1, 0.15) is 0 Å². The van der Waals surface area contributed by atoms with E-state index < -0.39 is 14.5 Å². The SMILES string of the molecule is COCCOCCOCCOCC(C)(C)CS(=O)(=O)Cl. The van der Waals surface area contributed by atoms with Crippen LogP contribution in [0, 0.1) is 5.41 Å². The maximum Gasteiger partial charge on any atom is 0.233 e. The largest absolute Gasteiger partial charge is 0.382 e. The van der Waals surface area contributed by atoms with Crippen molar-refractivity contribution in [3.05, 3.63) is 0 Å². The predicted molar refractivity (Wildman–Crippen MR) is 77.8 cm³/mol. The van der Waals surface area contributed by atoms with Gasteiger partial charge in [-0.3, -0.25) is 0 Å². The van der Waals surface area contributed by atoms with Gasteiger partial charge in [-0.25, -0.2) is 8.42 Å². The minimum absolute atomic E-state index is 0.115. The second kappa shape index (κ2) is 10.8. The molecule has 0 aromatic carbocycles. The molecule has 0 radical (unpaired) electrons. The Kier molecular flexibility index (Phi) is 10.8. The van der Waals surface area contributed by atoms with Crippen molar-refractivity contribution in [3.8, 4) is 0 Å². The Morgan fingerprint density at radius 2 is 1.35 bits per heavy atom. The predicted octanol–water partition coefficient (Wildman–Crippen LogP) is 1.28. The summed E-state index contributed by atoms with van der Waals surface area (Å²) >= 11 is 0. The van der Waals surface area contributed by atoms with Gasteiger partial charge in [0, 0.05) is 23.2 Å². The molecule has 0 bridgehead atoms. The molecule has 0 aromatic rings. The lowest BCUT2D eigenvalue weighted by Crippen LogP contribution is -2.27. The highest BCUT2D eigenvalue weighted by atomic mass is 35.7. The van der Waals surface area contributed by atoms with Crippen molar-refractivity contribution in [2.45, 2.75) is 13.8 Å². The zero-order chi connectivity index (χ0) is 15.5. The Labute approximate surface area is 126 Å². The molecule has 0 saturated heterocycles. The van der Waals surface area contributed by atoms with Crippen molar-refractivity contribution in [1.29, 1.82) is 0 Å². The lowest BCUT2D eigenvalue weighted by atomic mass is 9.98. The molecule has 0 atom stereocenters. The van der Waals surface area contributed by atoms with E-state index in [1.54, 1.807) is 21.0 Å². The van der Waals surface area contributed by atoms with Crippen molar-refractivity contribution in [1.82, 2.24) is 0 Å². The summed E-state index contributed by atoms with van der Waals surface area (Å²) in [7, 11) is 3.33. The van der Waals surface area contributed by atoms with Gasteiger partial charge in [0.2, 0.25) is 9.05 Å². The van der Waals surface area contributed by atoms with E-state index in [9.17, 15) is 8.42 Å². The van der Waals surface area contributed by atoms with Crippen LogP contribution >= 0.6 is 10.7 Å². The number of hydrogen-bond donors (Lipinski definition) is 0. The fraction of sp³-hybridized carbons (Fsp3) is 1.00. The molecule has 0 heterocycles. The number of halogens is 1. The normalized spacial score (nSPS) is 12.8. The average Bonchev–Trinajstić information content (AvgIpc) is 2.28. The quantitative estimate of drug-likeness (QED) is 0.374. The first-order chi connectivity index (χ1) is 9.27. The molecule has 0 amide bonds. The molecule has 0 unspecified atom stereocenters. The number of methoxy groups -OCH3 is 1. The fourth-order valence-electron chi connectivity index (χ4n) is 1.44. The first-order valence-corrected chi connectivity index (χ1v) is 8.89. The van der Waals surface area contributed by atoms with Crippen molar-refractivity contribution in [2.75, 3.05) is 59.1 Å². The van der Waals surface area contributed by atoms with Crippen molar-refractivity contribution in [3.63, 3.8) is 0 Å².